The second-order valence-corrected chi connectivity index (χ2v) is 9.82. The van der Waals surface area contributed by atoms with E-state index in [9.17, 15) is 9.90 Å². The molecule has 1 aromatic heterocycles. The van der Waals surface area contributed by atoms with Crippen molar-refractivity contribution < 1.29 is 19.1 Å². The van der Waals surface area contributed by atoms with Crippen molar-refractivity contribution in [3.63, 3.8) is 0 Å². The Bertz CT molecular complexity index is 719. The van der Waals surface area contributed by atoms with E-state index < -0.39 is 11.7 Å². The van der Waals surface area contributed by atoms with Crippen molar-refractivity contribution in [2.75, 3.05) is 0 Å². The lowest BCUT2D eigenvalue weighted by Crippen LogP contribution is -2.72. The molecule has 0 saturated heterocycles. The fourth-order valence-corrected chi connectivity index (χ4v) is 6.99. The summed E-state index contributed by atoms with van der Waals surface area (Å²) in [6.07, 6.45) is 5.97. The highest BCUT2D eigenvalue weighted by Gasteiger charge is 2.70. The average molecular weight is 360 g/mol. The number of carbonyl (C=O) groups is 1. The molecule has 0 spiro atoms. The van der Waals surface area contributed by atoms with Crippen LogP contribution in [-0.4, -0.2) is 22.8 Å². The first-order valence-electron chi connectivity index (χ1n) is 10.1. The normalized spacial score (nSPS) is 43.8. The van der Waals surface area contributed by atoms with Crippen LogP contribution in [0.15, 0.2) is 16.7 Å². The molecule has 144 valence electrons. The molecule has 1 aromatic rings. The highest BCUT2D eigenvalue weighted by molar-refractivity contribution is 5.66. The van der Waals surface area contributed by atoms with Crippen LogP contribution in [0.5, 0.6) is 0 Å². The lowest BCUT2D eigenvalue weighted by atomic mass is 9.40. The van der Waals surface area contributed by atoms with Gasteiger partial charge in [-0.15, -0.1) is 0 Å². The second kappa shape index (κ2) is 5.60. The summed E-state index contributed by atoms with van der Waals surface area (Å²) < 4.78 is 11.6. The standard InChI is InChI=1S/C22H32O4/c1-13-15-7-10-25-18(15)12-17-16(13)11-19(26-14(2)23)22(24)20(3,4)8-6-9-21(17,22)5/h7,10,13,16-17,19,24H,6,8-9,11-12H2,1-5H3. The van der Waals surface area contributed by atoms with Crippen LogP contribution in [0.2, 0.25) is 0 Å². The zero-order chi connectivity index (χ0) is 18.9. The minimum absolute atomic E-state index is 0.293. The second-order valence-electron chi connectivity index (χ2n) is 9.82. The number of furan rings is 1. The molecular formula is C22H32O4. The minimum Gasteiger partial charge on any atom is -0.469 e. The third-order valence-corrected chi connectivity index (χ3v) is 8.31. The van der Waals surface area contributed by atoms with Crippen LogP contribution in [0.25, 0.3) is 0 Å². The van der Waals surface area contributed by atoms with E-state index in [-0.39, 0.29) is 16.8 Å². The van der Waals surface area contributed by atoms with E-state index in [4.69, 9.17) is 9.15 Å². The number of hydrogen-bond donors (Lipinski definition) is 1. The van der Waals surface area contributed by atoms with Crippen molar-refractivity contribution in [3.05, 3.63) is 23.7 Å². The van der Waals surface area contributed by atoms with Crippen molar-refractivity contribution in [1.82, 2.24) is 0 Å². The van der Waals surface area contributed by atoms with Gasteiger partial charge in [0.25, 0.3) is 0 Å². The van der Waals surface area contributed by atoms with Crippen molar-refractivity contribution >= 4 is 5.97 Å². The Morgan fingerprint density at radius 2 is 2.04 bits per heavy atom. The molecule has 3 aliphatic rings. The summed E-state index contributed by atoms with van der Waals surface area (Å²) in [5, 5.41) is 12.2. The molecule has 6 unspecified atom stereocenters. The number of carbonyl (C=O) groups excluding carboxylic acids is 1. The summed E-state index contributed by atoms with van der Waals surface area (Å²) in [6.45, 7) is 10.2. The highest BCUT2D eigenvalue weighted by Crippen LogP contribution is 2.67. The van der Waals surface area contributed by atoms with E-state index >= 15 is 0 Å². The first-order valence-corrected chi connectivity index (χ1v) is 10.1. The fourth-order valence-electron chi connectivity index (χ4n) is 6.99. The van der Waals surface area contributed by atoms with Crippen molar-refractivity contribution in [1.29, 1.82) is 0 Å². The highest BCUT2D eigenvalue weighted by atomic mass is 16.6. The van der Waals surface area contributed by atoms with Gasteiger partial charge in [-0.1, -0.05) is 34.1 Å². The minimum atomic E-state index is -1.02. The average Bonchev–Trinajstić information content (AvgIpc) is 3.01. The van der Waals surface area contributed by atoms with E-state index in [0.717, 1.165) is 37.9 Å². The Morgan fingerprint density at radius 3 is 2.73 bits per heavy atom. The third-order valence-electron chi connectivity index (χ3n) is 8.31. The number of aliphatic hydroxyl groups is 1. The molecule has 2 fully saturated rings. The van der Waals surface area contributed by atoms with Crippen LogP contribution in [0.1, 0.15) is 77.5 Å². The zero-order valence-corrected chi connectivity index (χ0v) is 16.7. The van der Waals surface area contributed by atoms with Gasteiger partial charge < -0.3 is 14.3 Å². The predicted octanol–water partition coefficient (Wildman–Crippen LogP) is 4.45. The molecule has 6 atom stereocenters. The molecule has 1 N–H and O–H groups in total. The summed E-state index contributed by atoms with van der Waals surface area (Å²) in [7, 11) is 0. The van der Waals surface area contributed by atoms with Gasteiger partial charge in [0.2, 0.25) is 0 Å². The maximum Gasteiger partial charge on any atom is 0.303 e. The molecule has 0 amide bonds. The first-order chi connectivity index (χ1) is 12.1. The van der Waals surface area contributed by atoms with Gasteiger partial charge in [-0.05, 0) is 54.1 Å². The molecule has 1 heterocycles. The Hall–Kier alpha value is -1.29. The molecule has 4 rings (SSSR count). The Kier molecular flexibility index (Phi) is 3.90. The van der Waals surface area contributed by atoms with Crippen LogP contribution in [0, 0.1) is 22.7 Å². The quantitative estimate of drug-likeness (QED) is 0.752. The first kappa shape index (κ1) is 18.1. The number of hydrogen-bond acceptors (Lipinski definition) is 4. The summed E-state index contributed by atoms with van der Waals surface area (Å²) in [5.41, 5.74) is -0.319. The molecule has 4 nitrogen and oxygen atoms in total. The van der Waals surface area contributed by atoms with Crippen LogP contribution in [0.4, 0.5) is 0 Å². The van der Waals surface area contributed by atoms with Crippen molar-refractivity contribution in [2.24, 2.45) is 22.7 Å². The number of ether oxygens (including phenoxy) is 1. The van der Waals surface area contributed by atoms with E-state index in [2.05, 4.69) is 33.8 Å². The van der Waals surface area contributed by atoms with Gasteiger partial charge in [0.05, 0.1) is 6.26 Å². The maximum atomic E-state index is 12.2. The van der Waals surface area contributed by atoms with Crippen LogP contribution >= 0.6 is 0 Å². The summed E-state index contributed by atoms with van der Waals surface area (Å²) in [5.74, 6) is 1.87. The molecule has 0 aliphatic heterocycles. The number of rotatable bonds is 1. The molecule has 0 bridgehead atoms. The molecule has 2 saturated carbocycles. The molecule has 0 radical (unpaired) electrons. The smallest absolute Gasteiger partial charge is 0.303 e. The largest absolute Gasteiger partial charge is 0.469 e. The van der Waals surface area contributed by atoms with Crippen LogP contribution in [0.3, 0.4) is 0 Å². The maximum absolute atomic E-state index is 12.2. The van der Waals surface area contributed by atoms with Crippen LogP contribution in [-0.2, 0) is 16.0 Å². The summed E-state index contributed by atoms with van der Waals surface area (Å²) >= 11 is 0. The van der Waals surface area contributed by atoms with E-state index in [1.807, 2.05) is 0 Å². The van der Waals surface area contributed by atoms with E-state index in [1.54, 1.807) is 6.26 Å². The molecule has 26 heavy (non-hydrogen) atoms. The number of fused-ring (bicyclic) bond motifs is 4. The van der Waals surface area contributed by atoms with Crippen molar-refractivity contribution in [2.45, 2.75) is 84.3 Å². The zero-order valence-electron chi connectivity index (χ0n) is 16.7. The Labute approximate surface area is 156 Å². The summed E-state index contributed by atoms with van der Waals surface area (Å²) in [4.78, 5) is 11.9. The van der Waals surface area contributed by atoms with Crippen molar-refractivity contribution in [3.8, 4) is 0 Å². The Balaban J connectivity index is 1.85. The SMILES string of the molecule is CC(=O)OC1CC2C(C)c3ccoc3CC2C2(C)CCCC(C)(C)C12O. The van der Waals surface area contributed by atoms with E-state index in [0.29, 0.717) is 17.8 Å². The lowest BCUT2D eigenvalue weighted by Gasteiger charge is -2.67. The Morgan fingerprint density at radius 1 is 1.31 bits per heavy atom. The molecule has 4 heteroatoms. The fraction of sp³-hybridized carbons (Fsp3) is 0.773. The van der Waals surface area contributed by atoms with Gasteiger partial charge in [-0.2, -0.15) is 0 Å². The molecule has 0 aromatic carbocycles. The number of esters is 1. The van der Waals surface area contributed by atoms with Gasteiger partial charge in [0.15, 0.2) is 0 Å². The lowest BCUT2D eigenvalue weighted by molar-refractivity contribution is -0.290. The van der Waals surface area contributed by atoms with Gasteiger partial charge in [-0.25, -0.2) is 0 Å². The topological polar surface area (TPSA) is 59.7 Å². The van der Waals surface area contributed by atoms with Crippen LogP contribution < -0.4 is 0 Å². The van der Waals surface area contributed by atoms with Gasteiger partial charge in [0.1, 0.15) is 17.5 Å². The monoisotopic (exact) mass is 360 g/mol. The summed E-state index contributed by atoms with van der Waals surface area (Å²) in [6, 6.07) is 2.09. The predicted molar refractivity (Wildman–Crippen MR) is 98.7 cm³/mol. The van der Waals surface area contributed by atoms with Gasteiger partial charge in [-0.3, -0.25) is 4.79 Å². The van der Waals surface area contributed by atoms with Gasteiger partial charge in [0, 0.05) is 18.8 Å². The third kappa shape index (κ3) is 2.14. The molecular weight excluding hydrogens is 328 g/mol. The molecule has 3 aliphatic carbocycles. The van der Waals surface area contributed by atoms with Gasteiger partial charge >= 0.3 is 5.97 Å². The van der Waals surface area contributed by atoms with E-state index in [1.165, 1.54) is 12.5 Å².